The number of hydrogen-bond acceptors (Lipinski definition) is 5. The van der Waals surface area contributed by atoms with Crippen LogP contribution in [-0.2, 0) is 9.59 Å². The number of carbonyl (C=O) groups excluding carboxylic acids is 2. The van der Waals surface area contributed by atoms with Crippen LogP contribution < -0.4 is 10.2 Å². The topological polar surface area (TPSA) is 62.3 Å². The lowest BCUT2D eigenvalue weighted by atomic mass is 10.1. The molecule has 5 nitrogen and oxygen atoms in total. The molecule has 146 valence electrons. The molecule has 0 radical (unpaired) electrons. The van der Waals surface area contributed by atoms with Gasteiger partial charge in [-0.25, -0.2) is 13.8 Å². The minimum absolute atomic E-state index is 0.0280. The lowest BCUT2D eigenvalue weighted by Crippen LogP contribution is -2.49. The summed E-state index contributed by atoms with van der Waals surface area (Å²) in [6.07, 6.45) is 0.667. The van der Waals surface area contributed by atoms with Crippen LogP contribution >= 0.6 is 23.1 Å². The van der Waals surface area contributed by atoms with Gasteiger partial charge in [-0.05, 0) is 36.8 Å². The molecule has 0 unspecified atom stereocenters. The maximum absolute atomic E-state index is 14.0. The number of anilines is 2. The summed E-state index contributed by atoms with van der Waals surface area (Å²) in [6, 6.07) is 10.5. The van der Waals surface area contributed by atoms with Crippen LogP contribution in [0.25, 0.3) is 11.3 Å². The molecule has 3 aromatic rings. The van der Waals surface area contributed by atoms with Crippen LogP contribution in [0.5, 0.6) is 0 Å². The molecule has 1 fully saturated rings. The summed E-state index contributed by atoms with van der Waals surface area (Å²) >= 11 is 2.47. The number of thioether (sulfide) groups is 1. The van der Waals surface area contributed by atoms with E-state index in [1.165, 1.54) is 11.8 Å². The fraction of sp³-hybridized carbons (Fsp3) is 0.150. The van der Waals surface area contributed by atoms with Crippen molar-refractivity contribution in [3.05, 3.63) is 59.5 Å². The molecule has 0 spiro atoms. The average molecular weight is 429 g/mol. The Balaban J connectivity index is 1.44. The second-order valence-electron chi connectivity index (χ2n) is 6.70. The monoisotopic (exact) mass is 429 g/mol. The van der Waals surface area contributed by atoms with Gasteiger partial charge in [0.1, 0.15) is 11.6 Å². The molecule has 1 N–H and O–H groups in total. The van der Waals surface area contributed by atoms with Crippen molar-refractivity contribution in [2.24, 2.45) is 0 Å². The van der Waals surface area contributed by atoms with Crippen LogP contribution in [0.3, 0.4) is 0 Å². The van der Waals surface area contributed by atoms with Crippen LogP contribution in [0.2, 0.25) is 0 Å². The van der Waals surface area contributed by atoms with Crippen LogP contribution in [0.1, 0.15) is 12.8 Å². The van der Waals surface area contributed by atoms with Crippen LogP contribution in [0.4, 0.5) is 19.6 Å². The molecule has 1 aromatic heterocycles. The molecule has 29 heavy (non-hydrogen) atoms. The van der Waals surface area contributed by atoms with E-state index in [9.17, 15) is 18.4 Å². The Morgan fingerprint density at radius 3 is 2.90 bits per heavy atom. The van der Waals surface area contributed by atoms with E-state index in [0.29, 0.717) is 6.42 Å². The van der Waals surface area contributed by atoms with E-state index in [0.717, 1.165) is 40.1 Å². The molecule has 0 bridgehead atoms. The predicted octanol–water partition coefficient (Wildman–Crippen LogP) is 4.66. The number of para-hydroxylation sites is 1. The third kappa shape index (κ3) is 2.84. The molecule has 0 aliphatic carbocycles. The number of rotatable bonds is 3. The highest BCUT2D eigenvalue weighted by Crippen LogP contribution is 2.56. The molecule has 2 aromatic carbocycles. The summed E-state index contributed by atoms with van der Waals surface area (Å²) in [7, 11) is 0. The van der Waals surface area contributed by atoms with E-state index < -0.39 is 16.5 Å². The van der Waals surface area contributed by atoms with E-state index in [4.69, 9.17) is 0 Å². The first kappa shape index (κ1) is 18.3. The second-order valence-corrected chi connectivity index (χ2v) is 8.88. The van der Waals surface area contributed by atoms with Gasteiger partial charge < -0.3 is 0 Å². The summed E-state index contributed by atoms with van der Waals surface area (Å²) in [5, 5.41) is 4.58. The van der Waals surface area contributed by atoms with Gasteiger partial charge in [-0.2, -0.15) is 0 Å². The first-order valence-corrected chi connectivity index (χ1v) is 10.5. The van der Waals surface area contributed by atoms with Crippen LogP contribution in [0.15, 0.2) is 52.7 Å². The number of nitrogens with one attached hydrogen (secondary N) is 1. The number of carbonyl (C=O) groups is 2. The fourth-order valence-corrected chi connectivity index (χ4v) is 5.76. The standard InChI is InChI=1S/C20H13F2N3O2S2/c21-11-5-6-13(22)12(9-11)14-10-28-19(23-14)24-18(27)20-8-7-17(26)25(20)15-3-1-2-4-16(15)29-20/h1-6,9-10H,7-8H2,(H,23,24,27)/t20-/m1/s1. The Bertz CT molecular complexity index is 1170. The first-order chi connectivity index (χ1) is 14.0. The van der Waals surface area contributed by atoms with Crippen molar-refractivity contribution in [3.63, 3.8) is 0 Å². The number of nitrogens with zero attached hydrogens (tertiary/aromatic N) is 2. The second kappa shape index (κ2) is 6.64. The highest BCUT2D eigenvalue weighted by atomic mass is 32.2. The molecule has 5 rings (SSSR count). The maximum atomic E-state index is 14.0. The number of fused-ring (bicyclic) bond motifs is 3. The van der Waals surface area contributed by atoms with Crippen molar-refractivity contribution in [3.8, 4) is 11.3 Å². The normalized spacial score (nSPS) is 19.9. The smallest absolute Gasteiger partial charge is 0.263 e. The predicted molar refractivity (Wildman–Crippen MR) is 108 cm³/mol. The number of thiazole rings is 1. The number of amides is 2. The number of benzene rings is 2. The maximum Gasteiger partial charge on any atom is 0.263 e. The first-order valence-electron chi connectivity index (χ1n) is 8.81. The number of aromatic nitrogens is 1. The molecular formula is C20H13F2N3O2S2. The molecule has 2 aliphatic heterocycles. The quantitative estimate of drug-likeness (QED) is 0.658. The summed E-state index contributed by atoms with van der Waals surface area (Å²) in [5.74, 6) is -1.62. The van der Waals surface area contributed by atoms with E-state index in [1.54, 1.807) is 10.3 Å². The average Bonchev–Trinajstić information content (AvgIpc) is 3.38. The molecule has 2 aliphatic rings. The largest absolute Gasteiger partial charge is 0.299 e. The molecular weight excluding hydrogens is 416 g/mol. The van der Waals surface area contributed by atoms with Crippen molar-refractivity contribution in [1.29, 1.82) is 0 Å². The van der Waals surface area contributed by atoms with Gasteiger partial charge in [-0.15, -0.1) is 11.3 Å². The van der Waals surface area contributed by atoms with Gasteiger partial charge in [0, 0.05) is 22.3 Å². The highest BCUT2D eigenvalue weighted by molar-refractivity contribution is 8.02. The minimum atomic E-state index is -1.06. The number of halogens is 2. The summed E-state index contributed by atoms with van der Waals surface area (Å²) < 4.78 is 27.5. The third-order valence-corrected chi connectivity index (χ3v) is 7.19. The zero-order chi connectivity index (χ0) is 20.2. The van der Waals surface area contributed by atoms with Gasteiger partial charge in [0.05, 0.1) is 11.4 Å². The molecule has 2 amide bonds. The summed E-state index contributed by atoms with van der Waals surface area (Å²) in [5.41, 5.74) is 0.999. The van der Waals surface area contributed by atoms with E-state index >= 15 is 0 Å². The molecule has 1 atom stereocenters. The zero-order valence-corrected chi connectivity index (χ0v) is 16.4. The SMILES string of the molecule is O=C1CC[C@]2(C(=O)Nc3nc(-c4cc(F)ccc4F)cs3)Sc3ccccc3N12. The van der Waals surface area contributed by atoms with Crippen LogP contribution in [-0.4, -0.2) is 21.7 Å². The van der Waals surface area contributed by atoms with Gasteiger partial charge in [0.2, 0.25) is 5.91 Å². The van der Waals surface area contributed by atoms with Crippen molar-refractivity contribution >= 4 is 45.7 Å². The lowest BCUT2D eigenvalue weighted by molar-refractivity contribution is -0.121. The van der Waals surface area contributed by atoms with Crippen molar-refractivity contribution < 1.29 is 18.4 Å². The van der Waals surface area contributed by atoms with Crippen molar-refractivity contribution in [2.45, 2.75) is 22.6 Å². The summed E-state index contributed by atoms with van der Waals surface area (Å²) in [4.78, 5) is 31.3. The van der Waals surface area contributed by atoms with Gasteiger partial charge >= 0.3 is 0 Å². The van der Waals surface area contributed by atoms with Gasteiger partial charge in [0.15, 0.2) is 10.0 Å². The van der Waals surface area contributed by atoms with Crippen molar-refractivity contribution in [1.82, 2.24) is 4.98 Å². The Morgan fingerprint density at radius 1 is 1.21 bits per heavy atom. The Labute approximate surface area is 172 Å². The van der Waals surface area contributed by atoms with E-state index in [-0.39, 0.29) is 34.6 Å². The molecule has 1 saturated heterocycles. The number of hydrogen-bond donors (Lipinski definition) is 1. The van der Waals surface area contributed by atoms with Gasteiger partial charge in [0.25, 0.3) is 5.91 Å². The molecule has 9 heteroatoms. The van der Waals surface area contributed by atoms with Gasteiger partial charge in [-0.1, -0.05) is 23.9 Å². The zero-order valence-electron chi connectivity index (χ0n) is 14.8. The highest BCUT2D eigenvalue weighted by Gasteiger charge is 2.57. The fourth-order valence-electron chi connectivity index (χ4n) is 3.64. The summed E-state index contributed by atoms with van der Waals surface area (Å²) in [6.45, 7) is 0. The Hall–Kier alpha value is -2.78. The molecule has 0 saturated carbocycles. The Kier molecular flexibility index (Phi) is 4.18. The van der Waals surface area contributed by atoms with E-state index in [1.807, 2.05) is 24.3 Å². The van der Waals surface area contributed by atoms with Crippen molar-refractivity contribution in [2.75, 3.05) is 10.2 Å². The molecule has 3 heterocycles. The Morgan fingerprint density at radius 2 is 2.03 bits per heavy atom. The lowest BCUT2D eigenvalue weighted by Gasteiger charge is -2.29. The van der Waals surface area contributed by atoms with Crippen LogP contribution in [0, 0.1) is 11.6 Å². The van der Waals surface area contributed by atoms with E-state index in [2.05, 4.69) is 10.3 Å². The third-order valence-electron chi connectivity index (χ3n) is 4.96. The van der Waals surface area contributed by atoms with Gasteiger partial charge in [-0.3, -0.25) is 19.8 Å². The minimum Gasteiger partial charge on any atom is -0.299 e.